The lowest BCUT2D eigenvalue weighted by Crippen LogP contribution is -2.41. The van der Waals surface area contributed by atoms with Gasteiger partial charge in [0.05, 0.1) is 12.0 Å². The van der Waals surface area contributed by atoms with Gasteiger partial charge >= 0.3 is 5.97 Å². The third-order valence-electron chi connectivity index (χ3n) is 2.27. The molecule has 0 fully saturated rings. The summed E-state index contributed by atoms with van der Waals surface area (Å²) >= 11 is 1.64. The molecule has 0 radical (unpaired) electrons. The van der Waals surface area contributed by atoms with Gasteiger partial charge in [-0.05, 0) is 24.9 Å². The topological polar surface area (TPSA) is 92.4 Å². The van der Waals surface area contributed by atoms with Crippen LogP contribution in [0.4, 0.5) is 0 Å². The highest BCUT2D eigenvalue weighted by atomic mass is 32.2. The molecule has 16 heavy (non-hydrogen) atoms. The number of thioether (sulfide) groups is 1. The second kappa shape index (κ2) is 8.41. The molecule has 0 saturated carbocycles. The second-order valence-electron chi connectivity index (χ2n) is 3.71. The molecule has 1 amide bonds. The van der Waals surface area contributed by atoms with Crippen molar-refractivity contribution in [2.45, 2.75) is 25.8 Å². The van der Waals surface area contributed by atoms with Gasteiger partial charge in [0.25, 0.3) is 0 Å². The molecule has 0 rings (SSSR count). The van der Waals surface area contributed by atoms with Crippen LogP contribution in [-0.4, -0.2) is 41.6 Å². The number of amides is 1. The second-order valence-corrected chi connectivity index (χ2v) is 4.69. The van der Waals surface area contributed by atoms with Crippen LogP contribution in [0.2, 0.25) is 0 Å². The summed E-state index contributed by atoms with van der Waals surface area (Å²) in [4.78, 5) is 21.9. The van der Waals surface area contributed by atoms with Crippen LogP contribution in [0.25, 0.3) is 0 Å². The van der Waals surface area contributed by atoms with E-state index in [9.17, 15) is 9.59 Å². The third-order valence-corrected chi connectivity index (χ3v) is 2.91. The van der Waals surface area contributed by atoms with Crippen LogP contribution in [-0.2, 0) is 9.59 Å². The van der Waals surface area contributed by atoms with Crippen LogP contribution in [0, 0.1) is 5.92 Å². The molecule has 1 unspecified atom stereocenters. The van der Waals surface area contributed by atoms with Gasteiger partial charge in [0.1, 0.15) is 0 Å². The van der Waals surface area contributed by atoms with Crippen molar-refractivity contribution >= 4 is 23.6 Å². The molecule has 5 nitrogen and oxygen atoms in total. The van der Waals surface area contributed by atoms with Crippen molar-refractivity contribution in [3.8, 4) is 0 Å². The van der Waals surface area contributed by atoms with E-state index in [1.54, 1.807) is 18.7 Å². The minimum absolute atomic E-state index is 0.202. The zero-order valence-corrected chi connectivity index (χ0v) is 10.5. The van der Waals surface area contributed by atoms with Gasteiger partial charge in [-0.25, -0.2) is 0 Å². The van der Waals surface area contributed by atoms with E-state index < -0.39 is 17.9 Å². The largest absolute Gasteiger partial charge is 0.481 e. The van der Waals surface area contributed by atoms with E-state index in [0.29, 0.717) is 19.4 Å². The highest BCUT2D eigenvalue weighted by Gasteiger charge is 2.14. The molecule has 0 spiro atoms. The van der Waals surface area contributed by atoms with Crippen LogP contribution in [0.5, 0.6) is 0 Å². The van der Waals surface area contributed by atoms with E-state index in [-0.39, 0.29) is 5.91 Å². The molecule has 0 aliphatic heterocycles. The Labute approximate surface area is 100 Å². The predicted octanol–water partition coefficient (Wildman–Crippen LogP) is 0.294. The minimum atomic E-state index is -0.846. The number of nitrogens with one attached hydrogen (secondary N) is 1. The number of carbonyl (C=O) groups excluding carboxylic acids is 1. The first-order valence-electron chi connectivity index (χ1n) is 5.24. The standard InChI is InChI=1S/C10H20N2O3S/c1-7(10(14)15)3-5-12-9(13)8(11)4-6-16-2/h7-8H,3-6,11H2,1-2H3,(H,12,13)(H,14,15)/t7?,8-/m0/s1. The maximum Gasteiger partial charge on any atom is 0.306 e. The Bertz CT molecular complexity index is 236. The number of hydrogen-bond donors (Lipinski definition) is 3. The predicted molar refractivity (Wildman–Crippen MR) is 65.4 cm³/mol. The first-order valence-corrected chi connectivity index (χ1v) is 6.63. The summed E-state index contributed by atoms with van der Waals surface area (Å²) in [6.07, 6.45) is 3.02. The molecule has 0 saturated heterocycles. The van der Waals surface area contributed by atoms with Gasteiger partial charge in [0, 0.05) is 6.54 Å². The van der Waals surface area contributed by atoms with Gasteiger partial charge in [-0.2, -0.15) is 11.8 Å². The van der Waals surface area contributed by atoms with E-state index in [1.165, 1.54) is 0 Å². The Morgan fingerprint density at radius 3 is 2.56 bits per heavy atom. The first-order chi connectivity index (χ1) is 7.49. The number of aliphatic carboxylic acids is 1. The van der Waals surface area contributed by atoms with Gasteiger partial charge in [0.2, 0.25) is 5.91 Å². The lowest BCUT2D eigenvalue weighted by atomic mass is 10.1. The summed E-state index contributed by atoms with van der Waals surface area (Å²) in [5.41, 5.74) is 5.64. The fourth-order valence-electron chi connectivity index (χ4n) is 1.04. The highest BCUT2D eigenvalue weighted by Crippen LogP contribution is 2.01. The molecular formula is C10H20N2O3S. The van der Waals surface area contributed by atoms with Crippen molar-refractivity contribution in [2.75, 3.05) is 18.6 Å². The number of rotatable bonds is 8. The highest BCUT2D eigenvalue weighted by molar-refractivity contribution is 7.98. The van der Waals surface area contributed by atoms with Gasteiger partial charge in [-0.15, -0.1) is 0 Å². The average molecular weight is 248 g/mol. The summed E-state index contributed by atoms with van der Waals surface area (Å²) in [6.45, 7) is 1.97. The van der Waals surface area contributed by atoms with Crippen molar-refractivity contribution in [3.05, 3.63) is 0 Å². The quantitative estimate of drug-likeness (QED) is 0.574. The number of nitrogens with two attached hydrogens (primary N) is 1. The third kappa shape index (κ3) is 6.68. The van der Waals surface area contributed by atoms with E-state index in [4.69, 9.17) is 10.8 Å². The number of carboxylic acid groups (broad SMARTS) is 1. The summed E-state index contributed by atoms with van der Waals surface area (Å²) in [6, 6.07) is -0.493. The van der Waals surface area contributed by atoms with E-state index in [0.717, 1.165) is 5.75 Å². The molecule has 0 aliphatic rings. The lowest BCUT2D eigenvalue weighted by molar-refractivity contribution is -0.141. The normalized spacial score (nSPS) is 14.2. The van der Waals surface area contributed by atoms with Crippen molar-refractivity contribution in [2.24, 2.45) is 11.7 Å². The van der Waals surface area contributed by atoms with Crippen molar-refractivity contribution in [1.29, 1.82) is 0 Å². The molecule has 0 aromatic carbocycles. The number of carboxylic acids is 1. The van der Waals surface area contributed by atoms with Gasteiger partial charge in [-0.3, -0.25) is 9.59 Å². The van der Waals surface area contributed by atoms with Gasteiger partial charge < -0.3 is 16.2 Å². The molecule has 0 aromatic rings. The molecule has 94 valence electrons. The van der Waals surface area contributed by atoms with E-state index in [2.05, 4.69) is 5.32 Å². The molecule has 2 atom stereocenters. The number of carbonyl (C=O) groups is 2. The first kappa shape index (κ1) is 15.2. The van der Waals surface area contributed by atoms with Crippen molar-refractivity contribution in [1.82, 2.24) is 5.32 Å². The Morgan fingerprint density at radius 2 is 2.06 bits per heavy atom. The molecule has 0 aromatic heterocycles. The summed E-state index contributed by atoms with van der Waals surface area (Å²) in [7, 11) is 0. The van der Waals surface area contributed by atoms with Crippen molar-refractivity contribution in [3.63, 3.8) is 0 Å². The van der Waals surface area contributed by atoms with Crippen molar-refractivity contribution < 1.29 is 14.7 Å². The lowest BCUT2D eigenvalue weighted by Gasteiger charge is -2.12. The Morgan fingerprint density at radius 1 is 1.44 bits per heavy atom. The van der Waals surface area contributed by atoms with Crippen LogP contribution in [0.3, 0.4) is 0 Å². The minimum Gasteiger partial charge on any atom is -0.481 e. The Hall–Kier alpha value is -0.750. The van der Waals surface area contributed by atoms with Crippen LogP contribution < -0.4 is 11.1 Å². The summed E-state index contributed by atoms with van der Waals surface area (Å²) in [5, 5.41) is 11.3. The molecule has 0 aliphatic carbocycles. The fraction of sp³-hybridized carbons (Fsp3) is 0.800. The van der Waals surface area contributed by atoms with E-state index >= 15 is 0 Å². The summed E-state index contributed by atoms with van der Waals surface area (Å²) < 4.78 is 0. The van der Waals surface area contributed by atoms with Gasteiger partial charge in [0.15, 0.2) is 0 Å². The summed E-state index contributed by atoms with van der Waals surface area (Å²) in [5.74, 6) is -0.643. The monoisotopic (exact) mass is 248 g/mol. The maximum absolute atomic E-state index is 11.4. The molecular weight excluding hydrogens is 228 g/mol. The molecule has 6 heteroatoms. The van der Waals surface area contributed by atoms with Crippen LogP contribution >= 0.6 is 11.8 Å². The van der Waals surface area contributed by atoms with Crippen LogP contribution in [0.15, 0.2) is 0 Å². The molecule has 0 heterocycles. The average Bonchev–Trinajstić information content (AvgIpc) is 2.25. The Balaban J connectivity index is 3.68. The Kier molecular flexibility index (Phi) is 8.01. The maximum atomic E-state index is 11.4. The number of hydrogen-bond acceptors (Lipinski definition) is 4. The SMILES string of the molecule is CSCC[C@H](N)C(=O)NCCC(C)C(=O)O. The van der Waals surface area contributed by atoms with E-state index in [1.807, 2.05) is 6.26 Å². The fourth-order valence-corrected chi connectivity index (χ4v) is 1.53. The molecule has 4 N–H and O–H groups in total. The van der Waals surface area contributed by atoms with Crippen LogP contribution in [0.1, 0.15) is 19.8 Å². The zero-order valence-electron chi connectivity index (χ0n) is 9.73. The zero-order chi connectivity index (χ0) is 12.6. The smallest absolute Gasteiger partial charge is 0.306 e. The molecule has 0 bridgehead atoms. The van der Waals surface area contributed by atoms with Gasteiger partial charge in [-0.1, -0.05) is 6.92 Å².